The van der Waals surface area contributed by atoms with Gasteiger partial charge < -0.3 is 10.5 Å². The fourth-order valence-corrected chi connectivity index (χ4v) is 3.41. The summed E-state index contributed by atoms with van der Waals surface area (Å²) in [5.74, 6) is -1.07. The lowest BCUT2D eigenvalue weighted by atomic mass is 9.96. The summed E-state index contributed by atoms with van der Waals surface area (Å²) in [6.07, 6.45) is 0. The van der Waals surface area contributed by atoms with Crippen molar-refractivity contribution in [3.63, 3.8) is 0 Å². The zero-order valence-electron chi connectivity index (χ0n) is 10.4. The minimum absolute atomic E-state index is 0.147. The van der Waals surface area contributed by atoms with E-state index in [1.54, 1.807) is 13.8 Å². The number of hydrogen-bond donors (Lipinski definition) is 1. The van der Waals surface area contributed by atoms with Crippen molar-refractivity contribution in [1.29, 1.82) is 0 Å². The molecule has 0 bridgehead atoms. The van der Waals surface area contributed by atoms with E-state index in [4.69, 9.17) is 10.5 Å². The average Bonchev–Trinajstić information content (AvgIpc) is 2.62. The lowest BCUT2D eigenvalue weighted by molar-refractivity contribution is -0.122. The predicted molar refractivity (Wildman–Crippen MR) is 63.7 cm³/mol. The standard InChI is InChI=1S/C10H20N2O4S/c1-7(2)17(14,15)12-4-8(6-16-3)9(5-12)10(11)13/h7-9H,4-6H2,1-3H3,(H2,11,13)/t8-,9+/m0/s1. The molecule has 0 radical (unpaired) electrons. The first-order valence-corrected chi connectivity index (χ1v) is 7.08. The van der Waals surface area contributed by atoms with Crippen LogP contribution in [0.5, 0.6) is 0 Å². The second kappa shape index (κ2) is 5.32. The Morgan fingerprint density at radius 2 is 2.06 bits per heavy atom. The van der Waals surface area contributed by atoms with Gasteiger partial charge in [0.2, 0.25) is 15.9 Å². The molecular weight excluding hydrogens is 244 g/mol. The predicted octanol–water partition coefficient (Wildman–Crippen LogP) is -0.596. The van der Waals surface area contributed by atoms with Gasteiger partial charge in [-0.1, -0.05) is 0 Å². The van der Waals surface area contributed by atoms with Crippen LogP contribution in [0.1, 0.15) is 13.8 Å². The molecule has 2 N–H and O–H groups in total. The van der Waals surface area contributed by atoms with Gasteiger partial charge in [-0.05, 0) is 13.8 Å². The monoisotopic (exact) mass is 264 g/mol. The van der Waals surface area contributed by atoms with Gasteiger partial charge in [0.05, 0.1) is 17.8 Å². The first kappa shape index (κ1) is 14.4. The fraction of sp³-hybridized carbons (Fsp3) is 0.900. The number of amides is 1. The Balaban J connectivity index is 2.86. The van der Waals surface area contributed by atoms with Crippen molar-refractivity contribution >= 4 is 15.9 Å². The van der Waals surface area contributed by atoms with Crippen LogP contribution in [0.2, 0.25) is 0 Å². The molecule has 1 fully saturated rings. The number of methoxy groups -OCH3 is 1. The molecule has 0 aliphatic carbocycles. The number of ether oxygens (including phenoxy) is 1. The van der Waals surface area contributed by atoms with Gasteiger partial charge in [-0.25, -0.2) is 12.7 Å². The summed E-state index contributed by atoms with van der Waals surface area (Å²) in [5.41, 5.74) is 5.28. The third-order valence-electron chi connectivity index (χ3n) is 3.11. The number of nitrogens with two attached hydrogens (primary N) is 1. The van der Waals surface area contributed by atoms with E-state index in [2.05, 4.69) is 0 Å². The third-order valence-corrected chi connectivity index (χ3v) is 5.32. The second-order valence-corrected chi connectivity index (χ2v) is 7.12. The molecule has 17 heavy (non-hydrogen) atoms. The van der Waals surface area contributed by atoms with Gasteiger partial charge in [0.1, 0.15) is 0 Å². The Morgan fingerprint density at radius 3 is 2.47 bits per heavy atom. The zero-order chi connectivity index (χ0) is 13.2. The number of carbonyl (C=O) groups excluding carboxylic acids is 1. The quantitative estimate of drug-likeness (QED) is 0.718. The SMILES string of the molecule is COC[C@@H]1CN(S(=O)(=O)C(C)C)C[C@H]1C(N)=O. The smallest absolute Gasteiger partial charge is 0.222 e. The number of nitrogens with zero attached hydrogens (tertiary/aromatic N) is 1. The van der Waals surface area contributed by atoms with Crippen LogP contribution in [0.4, 0.5) is 0 Å². The maximum atomic E-state index is 12.0. The number of hydrogen-bond acceptors (Lipinski definition) is 4. The minimum Gasteiger partial charge on any atom is -0.384 e. The summed E-state index contributed by atoms with van der Waals surface area (Å²) in [4.78, 5) is 11.3. The number of sulfonamides is 1. The van der Waals surface area contributed by atoms with Crippen LogP contribution in [0.15, 0.2) is 0 Å². The maximum Gasteiger partial charge on any atom is 0.222 e. The molecule has 7 heteroatoms. The minimum atomic E-state index is -3.32. The molecule has 1 saturated heterocycles. The molecule has 1 aliphatic rings. The summed E-state index contributed by atoms with van der Waals surface area (Å²) in [6.45, 7) is 4.07. The molecule has 6 nitrogen and oxygen atoms in total. The number of primary amides is 1. The van der Waals surface area contributed by atoms with E-state index in [1.807, 2.05) is 0 Å². The molecule has 0 saturated carbocycles. The highest BCUT2D eigenvalue weighted by Crippen LogP contribution is 2.27. The van der Waals surface area contributed by atoms with E-state index in [9.17, 15) is 13.2 Å². The van der Waals surface area contributed by atoms with E-state index in [1.165, 1.54) is 11.4 Å². The van der Waals surface area contributed by atoms with Crippen LogP contribution in [-0.4, -0.2) is 50.7 Å². The van der Waals surface area contributed by atoms with E-state index in [-0.39, 0.29) is 12.5 Å². The Hall–Kier alpha value is -0.660. The first-order chi connectivity index (χ1) is 7.80. The van der Waals surface area contributed by atoms with Crippen molar-refractivity contribution in [3.05, 3.63) is 0 Å². The van der Waals surface area contributed by atoms with Crippen molar-refractivity contribution in [2.24, 2.45) is 17.6 Å². The Kier molecular flexibility index (Phi) is 4.51. The summed E-state index contributed by atoms with van der Waals surface area (Å²) in [6, 6.07) is 0. The molecule has 0 unspecified atom stereocenters. The van der Waals surface area contributed by atoms with Crippen molar-refractivity contribution < 1.29 is 17.9 Å². The fourth-order valence-electron chi connectivity index (χ4n) is 2.04. The van der Waals surface area contributed by atoms with Crippen LogP contribution < -0.4 is 5.73 Å². The molecule has 0 aromatic heterocycles. The molecule has 0 aromatic carbocycles. The van der Waals surface area contributed by atoms with Crippen molar-refractivity contribution in [2.45, 2.75) is 19.1 Å². The highest BCUT2D eigenvalue weighted by atomic mass is 32.2. The van der Waals surface area contributed by atoms with Gasteiger partial charge in [-0.3, -0.25) is 4.79 Å². The highest BCUT2D eigenvalue weighted by Gasteiger charge is 2.42. The summed E-state index contributed by atoms with van der Waals surface area (Å²) >= 11 is 0. The summed E-state index contributed by atoms with van der Waals surface area (Å²) in [5, 5.41) is -0.489. The van der Waals surface area contributed by atoms with Crippen LogP contribution in [0.25, 0.3) is 0 Å². The van der Waals surface area contributed by atoms with Gasteiger partial charge in [0, 0.05) is 26.1 Å². The largest absolute Gasteiger partial charge is 0.384 e. The molecular formula is C10H20N2O4S. The van der Waals surface area contributed by atoms with Crippen LogP contribution in [0, 0.1) is 11.8 Å². The van der Waals surface area contributed by atoms with E-state index < -0.39 is 27.1 Å². The normalized spacial score (nSPS) is 26.6. The van der Waals surface area contributed by atoms with Crippen molar-refractivity contribution in [2.75, 3.05) is 26.8 Å². The second-order valence-electron chi connectivity index (χ2n) is 4.63. The molecule has 1 aliphatic heterocycles. The maximum absolute atomic E-state index is 12.0. The van der Waals surface area contributed by atoms with Crippen LogP contribution >= 0.6 is 0 Å². The highest BCUT2D eigenvalue weighted by molar-refractivity contribution is 7.89. The molecule has 0 spiro atoms. The molecule has 0 aromatic rings. The van der Waals surface area contributed by atoms with Gasteiger partial charge in [-0.2, -0.15) is 0 Å². The number of carbonyl (C=O) groups is 1. The number of rotatable bonds is 5. The van der Waals surface area contributed by atoms with Gasteiger partial charge in [-0.15, -0.1) is 0 Å². The van der Waals surface area contributed by atoms with E-state index >= 15 is 0 Å². The molecule has 1 amide bonds. The Bertz CT molecular complexity index is 380. The van der Waals surface area contributed by atoms with Gasteiger partial charge >= 0.3 is 0 Å². The van der Waals surface area contributed by atoms with Gasteiger partial charge in [0.25, 0.3) is 0 Å². The van der Waals surface area contributed by atoms with Crippen molar-refractivity contribution in [3.8, 4) is 0 Å². The Labute approximate surface area is 102 Å². The zero-order valence-corrected chi connectivity index (χ0v) is 11.2. The van der Waals surface area contributed by atoms with E-state index in [0.29, 0.717) is 13.2 Å². The molecule has 2 atom stereocenters. The first-order valence-electron chi connectivity index (χ1n) is 5.58. The third kappa shape index (κ3) is 2.97. The molecule has 100 valence electrons. The summed E-state index contributed by atoms with van der Waals surface area (Å²) < 4.78 is 30.3. The lowest BCUT2D eigenvalue weighted by Gasteiger charge is -2.18. The van der Waals surface area contributed by atoms with Crippen LogP contribution in [-0.2, 0) is 19.6 Å². The van der Waals surface area contributed by atoms with Gasteiger partial charge in [0.15, 0.2) is 0 Å². The lowest BCUT2D eigenvalue weighted by Crippen LogP contribution is -2.36. The molecule has 1 heterocycles. The van der Waals surface area contributed by atoms with Crippen molar-refractivity contribution in [1.82, 2.24) is 4.31 Å². The summed E-state index contributed by atoms with van der Waals surface area (Å²) in [7, 11) is -1.80. The topological polar surface area (TPSA) is 89.7 Å². The average molecular weight is 264 g/mol. The van der Waals surface area contributed by atoms with E-state index in [0.717, 1.165) is 0 Å². The molecule has 1 rings (SSSR count). The Morgan fingerprint density at radius 1 is 1.47 bits per heavy atom. The van der Waals surface area contributed by atoms with Crippen LogP contribution in [0.3, 0.4) is 0 Å².